The lowest BCUT2D eigenvalue weighted by Gasteiger charge is -1.83. The molecule has 0 saturated heterocycles. The maximum absolute atomic E-state index is 5.61. The molecule has 1 rings (SSSR count). The number of halogens is 1. The Labute approximate surface area is 62.5 Å². The summed E-state index contributed by atoms with van der Waals surface area (Å²) in [5.74, 6) is 0. The van der Waals surface area contributed by atoms with Crippen LogP contribution in [0.15, 0.2) is 12.7 Å². The van der Waals surface area contributed by atoms with Crippen molar-refractivity contribution < 1.29 is 0 Å². The van der Waals surface area contributed by atoms with Gasteiger partial charge >= 0.3 is 0 Å². The summed E-state index contributed by atoms with van der Waals surface area (Å²) in [4.78, 5) is 0. The molecule has 1 aromatic rings. The topological polar surface area (TPSA) is 25.8 Å². The molecule has 0 aliphatic carbocycles. The highest BCUT2D eigenvalue weighted by Crippen LogP contribution is 2.12. The van der Waals surface area contributed by atoms with Crippen molar-refractivity contribution in [3.8, 4) is 0 Å². The second kappa shape index (κ2) is 2.94. The van der Waals surface area contributed by atoms with Gasteiger partial charge in [-0.3, -0.25) is 0 Å². The summed E-state index contributed by atoms with van der Waals surface area (Å²) in [7, 11) is 0. The highest BCUT2D eigenvalue weighted by atomic mass is 35.5. The van der Waals surface area contributed by atoms with Crippen molar-refractivity contribution in [3.05, 3.63) is 23.5 Å². The first-order valence-corrected chi connectivity index (χ1v) is 3.53. The fraction of sp³-hybridized carbons (Fsp3) is 0.200. The second-order valence-electron chi connectivity index (χ2n) is 1.49. The van der Waals surface area contributed by atoms with Gasteiger partial charge in [0.2, 0.25) is 0 Å². The van der Waals surface area contributed by atoms with E-state index in [1.54, 1.807) is 6.08 Å². The smallest absolute Gasteiger partial charge is 0.166 e. The van der Waals surface area contributed by atoms with E-state index in [0.717, 1.165) is 17.4 Å². The van der Waals surface area contributed by atoms with Crippen molar-refractivity contribution in [2.75, 3.05) is 0 Å². The zero-order valence-corrected chi connectivity index (χ0v) is 6.24. The average Bonchev–Trinajstić information content (AvgIpc) is 2.18. The number of allylic oxidation sites excluding steroid dienone is 1. The molecular formula is C5H5ClN2S. The molecule has 1 heterocycles. The van der Waals surface area contributed by atoms with E-state index in [-0.39, 0.29) is 0 Å². The van der Waals surface area contributed by atoms with Gasteiger partial charge in [0.05, 0.1) is 17.4 Å². The summed E-state index contributed by atoms with van der Waals surface area (Å²) in [5, 5.41) is 0.500. The minimum atomic E-state index is 0.500. The van der Waals surface area contributed by atoms with Crippen LogP contribution in [0.5, 0.6) is 0 Å². The quantitative estimate of drug-likeness (QED) is 0.618. The van der Waals surface area contributed by atoms with Crippen LogP contribution in [-0.4, -0.2) is 8.75 Å². The largest absolute Gasteiger partial charge is 0.176 e. The molecule has 0 saturated carbocycles. The number of nitrogens with zero attached hydrogens (tertiary/aromatic N) is 2. The fourth-order valence-electron chi connectivity index (χ4n) is 0.454. The molecule has 0 amide bonds. The number of rotatable bonds is 2. The Bertz CT molecular complexity index is 208. The van der Waals surface area contributed by atoms with E-state index in [0.29, 0.717) is 11.6 Å². The second-order valence-corrected chi connectivity index (χ2v) is 2.38. The zero-order chi connectivity index (χ0) is 6.69. The van der Waals surface area contributed by atoms with Gasteiger partial charge in [-0.05, 0) is 0 Å². The van der Waals surface area contributed by atoms with Gasteiger partial charge in [0.15, 0.2) is 5.15 Å². The Balaban J connectivity index is 2.80. The normalized spacial score (nSPS) is 9.44. The van der Waals surface area contributed by atoms with E-state index >= 15 is 0 Å². The maximum atomic E-state index is 5.61. The molecule has 48 valence electrons. The molecule has 0 aliphatic rings. The predicted octanol–water partition coefficient (Wildman–Crippen LogP) is 1.92. The predicted molar refractivity (Wildman–Crippen MR) is 38.8 cm³/mol. The van der Waals surface area contributed by atoms with Crippen LogP contribution in [0.2, 0.25) is 5.15 Å². The zero-order valence-electron chi connectivity index (χ0n) is 4.67. The molecular weight excluding hydrogens is 156 g/mol. The van der Waals surface area contributed by atoms with Crippen molar-refractivity contribution in [3.63, 3.8) is 0 Å². The van der Waals surface area contributed by atoms with Gasteiger partial charge in [-0.25, -0.2) is 0 Å². The number of hydrogen-bond donors (Lipinski definition) is 0. The molecule has 0 N–H and O–H groups in total. The Morgan fingerprint density at radius 3 is 2.89 bits per heavy atom. The Morgan fingerprint density at radius 2 is 2.44 bits per heavy atom. The molecule has 0 aromatic carbocycles. The van der Waals surface area contributed by atoms with Crippen molar-refractivity contribution >= 4 is 23.3 Å². The van der Waals surface area contributed by atoms with E-state index in [9.17, 15) is 0 Å². The van der Waals surface area contributed by atoms with E-state index in [1.165, 1.54) is 0 Å². The molecule has 1 aromatic heterocycles. The summed E-state index contributed by atoms with van der Waals surface area (Å²) in [6.07, 6.45) is 2.46. The summed E-state index contributed by atoms with van der Waals surface area (Å²) >= 11 is 6.73. The molecule has 2 nitrogen and oxygen atoms in total. The van der Waals surface area contributed by atoms with Crippen LogP contribution in [-0.2, 0) is 6.42 Å². The standard InChI is InChI=1S/C5H5ClN2S/c1-2-3-4-5(6)8-9-7-4/h2H,1,3H2. The van der Waals surface area contributed by atoms with Gasteiger partial charge in [0.25, 0.3) is 0 Å². The van der Waals surface area contributed by atoms with Crippen LogP contribution in [0.4, 0.5) is 0 Å². The third-order valence-electron chi connectivity index (χ3n) is 0.848. The molecule has 0 radical (unpaired) electrons. The Hall–Kier alpha value is -0.410. The first kappa shape index (κ1) is 6.71. The van der Waals surface area contributed by atoms with Gasteiger partial charge < -0.3 is 0 Å². The van der Waals surface area contributed by atoms with Crippen molar-refractivity contribution in [1.82, 2.24) is 8.75 Å². The van der Waals surface area contributed by atoms with E-state index in [2.05, 4.69) is 15.3 Å². The molecule has 0 aliphatic heterocycles. The van der Waals surface area contributed by atoms with Crippen LogP contribution in [0.3, 0.4) is 0 Å². The van der Waals surface area contributed by atoms with Crippen LogP contribution in [0.25, 0.3) is 0 Å². The summed E-state index contributed by atoms with van der Waals surface area (Å²) in [5.41, 5.74) is 0.816. The molecule has 0 unspecified atom stereocenters. The van der Waals surface area contributed by atoms with Gasteiger partial charge in [0, 0.05) is 6.42 Å². The van der Waals surface area contributed by atoms with Gasteiger partial charge in [-0.1, -0.05) is 17.7 Å². The Kier molecular flexibility index (Phi) is 2.19. The van der Waals surface area contributed by atoms with Gasteiger partial charge in [-0.15, -0.1) is 6.58 Å². The molecule has 4 heteroatoms. The maximum Gasteiger partial charge on any atom is 0.166 e. The van der Waals surface area contributed by atoms with E-state index < -0.39 is 0 Å². The van der Waals surface area contributed by atoms with Crippen molar-refractivity contribution in [1.29, 1.82) is 0 Å². The monoisotopic (exact) mass is 160 g/mol. The lowest BCUT2D eigenvalue weighted by molar-refractivity contribution is 1.19. The van der Waals surface area contributed by atoms with E-state index in [1.807, 2.05) is 0 Å². The van der Waals surface area contributed by atoms with E-state index in [4.69, 9.17) is 11.6 Å². The highest BCUT2D eigenvalue weighted by molar-refractivity contribution is 6.99. The number of hydrogen-bond acceptors (Lipinski definition) is 3. The minimum absolute atomic E-state index is 0.500. The first-order valence-electron chi connectivity index (χ1n) is 2.42. The highest BCUT2D eigenvalue weighted by Gasteiger charge is 2.00. The first-order chi connectivity index (χ1) is 4.34. The number of aromatic nitrogens is 2. The lowest BCUT2D eigenvalue weighted by Crippen LogP contribution is -1.78. The van der Waals surface area contributed by atoms with Gasteiger partial charge in [-0.2, -0.15) is 8.75 Å². The van der Waals surface area contributed by atoms with Crippen molar-refractivity contribution in [2.45, 2.75) is 6.42 Å². The summed E-state index contributed by atoms with van der Waals surface area (Å²) in [6.45, 7) is 3.55. The minimum Gasteiger partial charge on any atom is -0.176 e. The third-order valence-corrected chi connectivity index (χ3v) is 1.82. The fourth-order valence-corrected chi connectivity index (χ4v) is 1.19. The van der Waals surface area contributed by atoms with Crippen LogP contribution < -0.4 is 0 Å². The summed E-state index contributed by atoms with van der Waals surface area (Å²) < 4.78 is 7.72. The van der Waals surface area contributed by atoms with Gasteiger partial charge in [0.1, 0.15) is 0 Å². The molecule has 9 heavy (non-hydrogen) atoms. The van der Waals surface area contributed by atoms with Crippen LogP contribution in [0.1, 0.15) is 5.69 Å². The molecule has 0 atom stereocenters. The molecule has 0 bridgehead atoms. The lowest BCUT2D eigenvalue weighted by atomic mass is 10.3. The molecule has 0 fully saturated rings. The van der Waals surface area contributed by atoms with Crippen molar-refractivity contribution in [2.24, 2.45) is 0 Å². The summed E-state index contributed by atoms with van der Waals surface area (Å²) in [6, 6.07) is 0. The van der Waals surface area contributed by atoms with Crippen LogP contribution >= 0.6 is 23.3 Å². The van der Waals surface area contributed by atoms with Crippen LogP contribution in [0, 0.1) is 0 Å². The third kappa shape index (κ3) is 1.50. The molecule has 0 spiro atoms. The SMILES string of the molecule is C=CCc1nsnc1Cl. The average molecular weight is 161 g/mol. The Morgan fingerprint density at radius 1 is 1.67 bits per heavy atom.